The Balaban J connectivity index is 1.54. The summed E-state index contributed by atoms with van der Waals surface area (Å²) in [7, 11) is 1.72. The van der Waals surface area contributed by atoms with Crippen molar-refractivity contribution in [1.29, 1.82) is 0 Å². The fourth-order valence-electron chi connectivity index (χ4n) is 2.61. The summed E-state index contributed by atoms with van der Waals surface area (Å²) in [6.07, 6.45) is 0. The minimum Gasteiger partial charge on any atom is -0.478 e. The van der Waals surface area contributed by atoms with E-state index in [4.69, 9.17) is 28.3 Å². The van der Waals surface area contributed by atoms with Crippen molar-refractivity contribution in [3.63, 3.8) is 0 Å². The van der Waals surface area contributed by atoms with E-state index in [-0.39, 0.29) is 40.3 Å². The van der Waals surface area contributed by atoms with Crippen LogP contribution in [0.1, 0.15) is 26.5 Å². The van der Waals surface area contributed by atoms with Gasteiger partial charge in [-0.2, -0.15) is 0 Å². The van der Waals surface area contributed by atoms with Crippen LogP contribution in [0.15, 0.2) is 47.6 Å². The standard InChI is InChI=1S/C20H17Cl2N5O4S/c1-27-16(9-23-18(29)14-6-5-12(21)8-15(14)22)25-26-20(27)32-10-17(28)24-13-4-2-3-11(7-13)19(30)31/h2-8H,9-10H2,1H3,(H,23,29)(H,24,28)(H,30,31). The van der Waals surface area contributed by atoms with E-state index in [0.29, 0.717) is 21.7 Å². The van der Waals surface area contributed by atoms with Gasteiger partial charge in [0.25, 0.3) is 5.91 Å². The largest absolute Gasteiger partial charge is 0.478 e. The van der Waals surface area contributed by atoms with E-state index < -0.39 is 5.97 Å². The zero-order valence-electron chi connectivity index (χ0n) is 16.6. The molecule has 0 spiro atoms. The molecule has 1 aromatic heterocycles. The van der Waals surface area contributed by atoms with Crippen LogP contribution in [0.3, 0.4) is 0 Å². The van der Waals surface area contributed by atoms with Crippen molar-refractivity contribution < 1.29 is 19.5 Å². The number of nitrogens with zero attached hydrogens (tertiary/aromatic N) is 3. The summed E-state index contributed by atoms with van der Waals surface area (Å²) in [5.74, 6) is -1.26. The number of halogens is 2. The van der Waals surface area contributed by atoms with E-state index in [0.717, 1.165) is 11.8 Å². The topological polar surface area (TPSA) is 126 Å². The maximum Gasteiger partial charge on any atom is 0.335 e. The Bertz CT molecular complexity index is 1180. The maximum absolute atomic E-state index is 12.3. The first kappa shape index (κ1) is 23.6. The van der Waals surface area contributed by atoms with Crippen LogP contribution in [0.25, 0.3) is 0 Å². The summed E-state index contributed by atoms with van der Waals surface area (Å²) < 4.78 is 1.66. The Hall–Kier alpha value is -3.08. The highest BCUT2D eigenvalue weighted by Crippen LogP contribution is 2.21. The number of anilines is 1. The van der Waals surface area contributed by atoms with Gasteiger partial charge >= 0.3 is 5.97 Å². The van der Waals surface area contributed by atoms with Gasteiger partial charge in [0.1, 0.15) is 0 Å². The summed E-state index contributed by atoms with van der Waals surface area (Å²) in [5.41, 5.74) is 0.754. The minimum atomic E-state index is -1.08. The molecule has 0 saturated heterocycles. The first-order valence-electron chi connectivity index (χ1n) is 9.12. The number of rotatable bonds is 8. The Labute approximate surface area is 197 Å². The lowest BCUT2D eigenvalue weighted by molar-refractivity contribution is -0.113. The predicted molar refractivity (Wildman–Crippen MR) is 121 cm³/mol. The number of hydrogen-bond donors (Lipinski definition) is 3. The first-order valence-corrected chi connectivity index (χ1v) is 10.9. The van der Waals surface area contributed by atoms with E-state index in [9.17, 15) is 14.4 Å². The van der Waals surface area contributed by atoms with Gasteiger partial charge in [-0.3, -0.25) is 9.59 Å². The second kappa shape index (κ2) is 10.5. The smallest absolute Gasteiger partial charge is 0.335 e. The molecule has 32 heavy (non-hydrogen) atoms. The molecule has 0 atom stereocenters. The molecule has 0 unspecified atom stereocenters. The number of carbonyl (C=O) groups excluding carboxylic acids is 2. The highest BCUT2D eigenvalue weighted by Gasteiger charge is 2.15. The van der Waals surface area contributed by atoms with Crippen LogP contribution in [-0.2, 0) is 18.4 Å². The number of nitrogens with one attached hydrogen (secondary N) is 2. The van der Waals surface area contributed by atoms with Crippen molar-refractivity contribution in [2.75, 3.05) is 11.1 Å². The average Bonchev–Trinajstić information content (AvgIpc) is 3.10. The molecule has 0 saturated carbocycles. The van der Waals surface area contributed by atoms with Crippen molar-refractivity contribution in [2.45, 2.75) is 11.7 Å². The molecule has 3 rings (SSSR count). The van der Waals surface area contributed by atoms with E-state index in [1.54, 1.807) is 29.8 Å². The van der Waals surface area contributed by atoms with E-state index in [1.807, 2.05) is 0 Å². The Morgan fingerprint density at radius 3 is 2.62 bits per heavy atom. The van der Waals surface area contributed by atoms with E-state index in [2.05, 4.69) is 20.8 Å². The van der Waals surface area contributed by atoms with Gasteiger partial charge in [0.05, 0.1) is 28.4 Å². The third-order valence-corrected chi connectivity index (χ3v) is 5.80. The normalized spacial score (nSPS) is 10.6. The third kappa shape index (κ3) is 6.00. The van der Waals surface area contributed by atoms with Crippen LogP contribution < -0.4 is 10.6 Å². The first-order chi connectivity index (χ1) is 15.2. The second-order valence-electron chi connectivity index (χ2n) is 6.49. The zero-order chi connectivity index (χ0) is 23.3. The number of carboxylic acid groups (broad SMARTS) is 1. The average molecular weight is 494 g/mol. The number of thioether (sulfide) groups is 1. The lowest BCUT2D eigenvalue weighted by atomic mass is 10.2. The molecule has 2 aromatic carbocycles. The van der Waals surface area contributed by atoms with Gasteiger partial charge in [-0.25, -0.2) is 4.79 Å². The van der Waals surface area contributed by atoms with Crippen molar-refractivity contribution in [3.8, 4) is 0 Å². The highest BCUT2D eigenvalue weighted by molar-refractivity contribution is 7.99. The molecule has 12 heteroatoms. The van der Waals surface area contributed by atoms with Gasteiger partial charge in [-0.1, -0.05) is 41.0 Å². The van der Waals surface area contributed by atoms with Crippen LogP contribution in [-0.4, -0.2) is 43.4 Å². The van der Waals surface area contributed by atoms with Crippen LogP contribution in [0, 0.1) is 0 Å². The number of amides is 2. The number of benzene rings is 2. The second-order valence-corrected chi connectivity index (χ2v) is 8.27. The molecule has 166 valence electrons. The van der Waals surface area contributed by atoms with E-state index >= 15 is 0 Å². The quantitative estimate of drug-likeness (QED) is 0.410. The van der Waals surface area contributed by atoms with Crippen LogP contribution in [0.5, 0.6) is 0 Å². The van der Waals surface area contributed by atoms with Gasteiger partial charge in [-0.05, 0) is 36.4 Å². The number of hydrogen-bond acceptors (Lipinski definition) is 6. The van der Waals surface area contributed by atoms with E-state index in [1.165, 1.54) is 24.3 Å². The fourth-order valence-corrected chi connectivity index (χ4v) is 3.83. The molecule has 0 aliphatic carbocycles. The molecule has 0 aliphatic rings. The summed E-state index contributed by atoms with van der Waals surface area (Å²) in [4.78, 5) is 35.6. The van der Waals surface area contributed by atoms with Crippen molar-refractivity contribution in [1.82, 2.24) is 20.1 Å². The lowest BCUT2D eigenvalue weighted by Gasteiger charge is -2.08. The van der Waals surface area contributed by atoms with Gasteiger partial charge < -0.3 is 20.3 Å². The monoisotopic (exact) mass is 493 g/mol. The van der Waals surface area contributed by atoms with Gasteiger partial charge in [-0.15, -0.1) is 10.2 Å². The summed E-state index contributed by atoms with van der Waals surface area (Å²) in [6.45, 7) is 0.107. The molecule has 2 amide bonds. The maximum atomic E-state index is 12.3. The molecular formula is C20H17Cl2N5O4S. The predicted octanol–water partition coefficient (Wildman–Crippen LogP) is 3.48. The van der Waals surface area contributed by atoms with Crippen molar-refractivity contribution in [2.24, 2.45) is 7.05 Å². The molecule has 0 radical (unpaired) electrons. The zero-order valence-corrected chi connectivity index (χ0v) is 19.0. The molecule has 3 aromatic rings. The fraction of sp³-hybridized carbons (Fsp3) is 0.150. The number of aromatic carboxylic acids is 1. The number of aromatic nitrogens is 3. The van der Waals surface area contributed by atoms with Crippen molar-refractivity contribution >= 4 is 58.4 Å². The molecule has 1 heterocycles. The van der Waals surface area contributed by atoms with Crippen LogP contribution in [0.2, 0.25) is 10.0 Å². The number of carbonyl (C=O) groups is 3. The van der Waals surface area contributed by atoms with Crippen LogP contribution >= 0.6 is 35.0 Å². The highest BCUT2D eigenvalue weighted by atomic mass is 35.5. The van der Waals surface area contributed by atoms with Crippen LogP contribution in [0.4, 0.5) is 5.69 Å². The third-order valence-electron chi connectivity index (χ3n) is 4.23. The van der Waals surface area contributed by atoms with Gasteiger partial charge in [0, 0.05) is 17.8 Å². The summed E-state index contributed by atoms with van der Waals surface area (Å²) in [6, 6.07) is 10.6. The van der Waals surface area contributed by atoms with Gasteiger partial charge in [0.15, 0.2) is 11.0 Å². The van der Waals surface area contributed by atoms with Gasteiger partial charge in [0.2, 0.25) is 5.91 Å². The van der Waals surface area contributed by atoms with Crippen molar-refractivity contribution in [3.05, 3.63) is 69.5 Å². The molecule has 3 N–H and O–H groups in total. The summed E-state index contributed by atoms with van der Waals surface area (Å²) >= 11 is 13.0. The molecule has 0 fully saturated rings. The Kier molecular flexibility index (Phi) is 7.73. The lowest BCUT2D eigenvalue weighted by Crippen LogP contribution is -2.24. The SMILES string of the molecule is Cn1c(CNC(=O)c2ccc(Cl)cc2Cl)nnc1SCC(=O)Nc1cccc(C(=O)O)c1. The Morgan fingerprint density at radius 2 is 1.91 bits per heavy atom. The summed E-state index contributed by atoms with van der Waals surface area (Å²) in [5, 5.41) is 23.6. The molecule has 0 bridgehead atoms. The molecule has 9 nitrogen and oxygen atoms in total. The molecule has 0 aliphatic heterocycles. The minimum absolute atomic E-state index is 0.0377. The number of carboxylic acids is 1. The Morgan fingerprint density at radius 1 is 1.12 bits per heavy atom. The molecular weight excluding hydrogens is 477 g/mol.